The summed E-state index contributed by atoms with van der Waals surface area (Å²) in [6, 6.07) is 10.5. The van der Waals surface area contributed by atoms with Crippen LogP contribution in [0.15, 0.2) is 47.1 Å². The first-order valence-corrected chi connectivity index (χ1v) is 8.23. The largest absolute Gasteiger partial charge is 0.441 e. The van der Waals surface area contributed by atoms with Crippen molar-refractivity contribution in [1.29, 1.82) is 0 Å². The van der Waals surface area contributed by atoms with Crippen molar-refractivity contribution in [1.82, 2.24) is 10.1 Å². The van der Waals surface area contributed by atoms with Gasteiger partial charge in [0, 0.05) is 10.6 Å². The van der Waals surface area contributed by atoms with Crippen LogP contribution >= 0.6 is 11.6 Å². The van der Waals surface area contributed by atoms with Crippen molar-refractivity contribution in [2.75, 3.05) is 11.1 Å². The summed E-state index contributed by atoms with van der Waals surface area (Å²) in [5.41, 5.74) is 8.26. The molecule has 0 aliphatic heterocycles. The Morgan fingerprint density at radius 2 is 2.08 bits per heavy atom. The molecular weight excluding hydrogens is 356 g/mol. The van der Waals surface area contributed by atoms with Gasteiger partial charge in [0.2, 0.25) is 5.76 Å². The zero-order valence-electron chi connectivity index (χ0n) is 14.2. The van der Waals surface area contributed by atoms with E-state index in [1.165, 1.54) is 6.20 Å². The molecule has 2 aromatic heterocycles. The van der Waals surface area contributed by atoms with Crippen LogP contribution in [0.25, 0.3) is 11.5 Å². The molecular formula is C18H17ClN4O3. The van der Waals surface area contributed by atoms with Crippen LogP contribution < -0.4 is 11.1 Å². The number of pyridine rings is 1. The molecule has 7 nitrogen and oxygen atoms in total. The number of amides is 1. The summed E-state index contributed by atoms with van der Waals surface area (Å²) in [5.74, 6) is 0.324. The van der Waals surface area contributed by atoms with Crippen molar-refractivity contribution in [2.45, 2.75) is 20.0 Å². The van der Waals surface area contributed by atoms with E-state index in [0.29, 0.717) is 39.1 Å². The van der Waals surface area contributed by atoms with Crippen LogP contribution in [0, 0.1) is 6.92 Å². The Hall–Kier alpha value is -3.06. The number of nitrogens with one attached hydrogen (secondary N) is 1. The number of hydrogen-bond donors (Lipinski definition) is 2. The first-order valence-electron chi connectivity index (χ1n) is 7.86. The molecule has 3 rings (SSSR count). The molecule has 1 atom stereocenters. The van der Waals surface area contributed by atoms with E-state index in [9.17, 15) is 4.79 Å². The second kappa shape index (κ2) is 7.45. The lowest BCUT2D eigenvalue weighted by Gasteiger charge is -2.15. The van der Waals surface area contributed by atoms with Crippen LogP contribution in [0.2, 0.25) is 5.02 Å². The number of aryl methyl sites for hydroxylation is 1. The minimum atomic E-state index is -0.652. The van der Waals surface area contributed by atoms with Crippen LogP contribution in [0.1, 0.15) is 24.3 Å². The molecule has 0 aliphatic carbocycles. The van der Waals surface area contributed by atoms with Crippen molar-refractivity contribution in [3.63, 3.8) is 0 Å². The van der Waals surface area contributed by atoms with E-state index in [0.717, 1.165) is 0 Å². The number of anilines is 2. The van der Waals surface area contributed by atoms with Gasteiger partial charge in [0.05, 0.1) is 11.9 Å². The monoisotopic (exact) mass is 372 g/mol. The van der Waals surface area contributed by atoms with E-state index in [1.807, 2.05) is 12.1 Å². The van der Waals surface area contributed by atoms with Gasteiger partial charge in [0.15, 0.2) is 0 Å². The Morgan fingerprint density at radius 3 is 2.77 bits per heavy atom. The first kappa shape index (κ1) is 17.8. The fourth-order valence-electron chi connectivity index (χ4n) is 2.39. The standard InChI is InChI=1S/C18H17ClN4O3/c1-10-16(17(26-23-10)15-8-7-12(20)9-21-15)22-18(24)25-11(2)13-5-3-4-6-14(13)19/h3-9,11H,20H2,1-2H3,(H,22,24)/t11-/m1/s1. The second-order valence-electron chi connectivity index (χ2n) is 5.64. The first-order chi connectivity index (χ1) is 12.5. The number of nitrogens with zero attached hydrogens (tertiary/aromatic N) is 2. The highest BCUT2D eigenvalue weighted by molar-refractivity contribution is 6.31. The number of nitrogens with two attached hydrogens (primary N) is 1. The van der Waals surface area contributed by atoms with Crippen molar-refractivity contribution in [2.24, 2.45) is 0 Å². The Morgan fingerprint density at radius 1 is 1.31 bits per heavy atom. The maximum Gasteiger partial charge on any atom is 0.412 e. The lowest BCUT2D eigenvalue weighted by molar-refractivity contribution is 0.121. The van der Waals surface area contributed by atoms with E-state index in [2.05, 4.69) is 15.5 Å². The Labute approximate surface area is 155 Å². The zero-order valence-corrected chi connectivity index (χ0v) is 14.9. The minimum Gasteiger partial charge on any atom is -0.441 e. The molecule has 0 fully saturated rings. The average molecular weight is 373 g/mol. The average Bonchev–Trinajstić information content (AvgIpc) is 2.96. The van der Waals surface area contributed by atoms with Gasteiger partial charge in [-0.3, -0.25) is 10.3 Å². The summed E-state index contributed by atoms with van der Waals surface area (Å²) < 4.78 is 10.7. The maximum absolute atomic E-state index is 12.3. The molecule has 0 bridgehead atoms. The van der Waals surface area contributed by atoms with E-state index in [-0.39, 0.29) is 0 Å². The molecule has 0 radical (unpaired) electrons. The minimum absolute atomic E-state index is 0.324. The van der Waals surface area contributed by atoms with Crippen molar-refractivity contribution < 1.29 is 14.1 Å². The smallest absolute Gasteiger partial charge is 0.412 e. The highest BCUT2D eigenvalue weighted by Gasteiger charge is 2.21. The Balaban J connectivity index is 1.77. The molecule has 26 heavy (non-hydrogen) atoms. The number of nitrogen functional groups attached to an aromatic ring is 1. The predicted molar refractivity (Wildman–Crippen MR) is 98.9 cm³/mol. The molecule has 2 heterocycles. The number of aromatic nitrogens is 2. The molecule has 3 aromatic rings. The Bertz CT molecular complexity index is 924. The number of halogens is 1. The molecule has 0 saturated carbocycles. The van der Waals surface area contributed by atoms with Gasteiger partial charge in [-0.05, 0) is 32.0 Å². The summed E-state index contributed by atoms with van der Waals surface area (Å²) >= 11 is 6.13. The summed E-state index contributed by atoms with van der Waals surface area (Å²) in [7, 11) is 0. The van der Waals surface area contributed by atoms with Crippen LogP contribution in [0.3, 0.4) is 0 Å². The predicted octanol–water partition coefficient (Wildman–Crippen LogP) is 4.59. The number of hydrogen-bond acceptors (Lipinski definition) is 6. The van der Waals surface area contributed by atoms with Crippen LogP contribution in [-0.2, 0) is 4.74 Å². The SMILES string of the molecule is Cc1noc(-c2ccc(N)cn2)c1NC(=O)O[C@H](C)c1ccccc1Cl. The van der Waals surface area contributed by atoms with Crippen molar-refractivity contribution >= 4 is 29.1 Å². The van der Waals surface area contributed by atoms with Crippen LogP contribution in [-0.4, -0.2) is 16.2 Å². The Kier molecular flexibility index (Phi) is 5.09. The van der Waals surface area contributed by atoms with Gasteiger partial charge in [-0.25, -0.2) is 4.79 Å². The third kappa shape index (κ3) is 3.78. The highest BCUT2D eigenvalue weighted by Crippen LogP contribution is 2.31. The van der Waals surface area contributed by atoms with Gasteiger partial charge in [0.1, 0.15) is 23.2 Å². The fraction of sp³-hybridized carbons (Fsp3) is 0.167. The van der Waals surface area contributed by atoms with Crippen LogP contribution in [0.5, 0.6) is 0 Å². The quantitative estimate of drug-likeness (QED) is 0.694. The second-order valence-corrected chi connectivity index (χ2v) is 6.05. The lowest BCUT2D eigenvalue weighted by atomic mass is 10.1. The molecule has 0 saturated heterocycles. The van der Waals surface area contributed by atoms with Gasteiger partial charge in [0.25, 0.3) is 0 Å². The zero-order chi connectivity index (χ0) is 18.7. The molecule has 134 valence electrons. The topological polar surface area (TPSA) is 103 Å². The van der Waals surface area contributed by atoms with Gasteiger partial charge in [-0.2, -0.15) is 0 Å². The molecule has 0 aliphatic rings. The summed E-state index contributed by atoms with van der Waals surface area (Å²) in [6.45, 7) is 3.45. The number of carbonyl (C=O) groups excluding carboxylic acids is 1. The fourth-order valence-corrected chi connectivity index (χ4v) is 2.68. The van der Waals surface area contributed by atoms with Crippen LogP contribution in [0.4, 0.5) is 16.2 Å². The molecule has 8 heteroatoms. The summed E-state index contributed by atoms with van der Waals surface area (Å²) in [6.07, 6.45) is 0.316. The molecule has 3 N–H and O–H groups in total. The molecule has 1 aromatic carbocycles. The van der Waals surface area contributed by atoms with Crippen molar-refractivity contribution in [3.05, 3.63) is 58.9 Å². The molecule has 1 amide bonds. The summed E-state index contributed by atoms with van der Waals surface area (Å²) in [4.78, 5) is 16.5. The van der Waals surface area contributed by atoms with E-state index in [4.69, 9.17) is 26.6 Å². The van der Waals surface area contributed by atoms with E-state index < -0.39 is 12.2 Å². The molecule has 0 unspecified atom stereocenters. The highest BCUT2D eigenvalue weighted by atomic mass is 35.5. The summed E-state index contributed by atoms with van der Waals surface area (Å²) in [5, 5.41) is 7.07. The number of benzene rings is 1. The number of carbonyl (C=O) groups is 1. The molecule has 0 spiro atoms. The normalized spacial score (nSPS) is 11.8. The maximum atomic E-state index is 12.3. The third-order valence-corrected chi connectivity index (χ3v) is 4.08. The van der Waals surface area contributed by atoms with E-state index >= 15 is 0 Å². The number of rotatable bonds is 4. The third-order valence-electron chi connectivity index (χ3n) is 3.74. The van der Waals surface area contributed by atoms with Gasteiger partial charge in [-0.15, -0.1) is 0 Å². The van der Waals surface area contributed by atoms with E-state index in [1.54, 1.807) is 38.1 Å². The lowest BCUT2D eigenvalue weighted by Crippen LogP contribution is -2.17. The van der Waals surface area contributed by atoms with Gasteiger partial charge >= 0.3 is 6.09 Å². The van der Waals surface area contributed by atoms with Gasteiger partial charge in [-0.1, -0.05) is 35.0 Å². The van der Waals surface area contributed by atoms with Crippen molar-refractivity contribution in [3.8, 4) is 11.5 Å². The van der Waals surface area contributed by atoms with Gasteiger partial charge < -0.3 is 15.0 Å². The number of ether oxygens (including phenoxy) is 1.